The van der Waals surface area contributed by atoms with Gasteiger partial charge in [-0.2, -0.15) is 0 Å². The summed E-state index contributed by atoms with van der Waals surface area (Å²) in [6.45, 7) is 0.841. The molecule has 106 valence electrons. The Bertz CT molecular complexity index is 532. The van der Waals surface area contributed by atoms with Gasteiger partial charge in [0.25, 0.3) is 0 Å². The van der Waals surface area contributed by atoms with Crippen LogP contribution in [-0.2, 0) is 21.2 Å². The number of rotatable bonds is 4. The lowest BCUT2D eigenvalue weighted by Crippen LogP contribution is -2.43. The minimum Gasteiger partial charge on any atom is -0.381 e. The van der Waals surface area contributed by atoms with E-state index < -0.39 is 15.3 Å². The van der Waals surface area contributed by atoms with Gasteiger partial charge >= 0.3 is 0 Å². The van der Waals surface area contributed by atoms with Crippen LogP contribution in [-0.4, -0.2) is 33.9 Å². The Morgan fingerprint density at radius 1 is 1.47 bits per heavy atom. The highest BCUT2D eigenvalue weighted by Gasteiger charge is 2.35. The summed E-state index contributed by atoms with van der Waals surface area (Å²) in [5.41, 5.74) is 0.798. The first-order valence-corrected chi connectivity index (χ1v) is 7.82. The molecular weight excluding hydrogens is 269 g/mol. The van der Waals surface area contributed by atoms with E-state index in [0.717, 1.165) is 5.56 Å². The van der Waals surface area contributed by atoms with Gasteiger partial charge in [-0.1, -0.05) is 12.1 Å². The van der Waals surface area contributed by atoms with Gasteiger partial charge in [0.15, 0.2) is 0 Å². The van der Waals surface area contributed by atoms with Gasteiger partial charge in [-0.15, -0.1) is 0 Å². The average Bonchev–Trinajstić information content (AvgIpc) is 2.39. The molecule has 6 heteroatoms. The highest BCUT2D eigenvalue weighted by atomic mass is 32.2. The normalized spacial score (nSPS) is 24.3. The SMILES string of the molecule is CNS(=O)(=O)[C@@H]1CCOC[C@@H]1Cc1cccc(F)c1. The Kier molecular flexibility index (Phi) is 4.54. The van der Waals surface area contributed by atoms with E-state index in [1.807, 2.05) is 0 Å². The lowest BCUT2D eigenvalue weighted by Gasteiger charge is -2.30. The van der Waals surface area contributed by atoms with Crippen molar-refractivity contribution in [2.45, 2.75) is 18.1 Å². The quantitative estimate of drug-likeness (QED) is 0.909. The number of hydrogen-bond acceptors (Lipinski definition) is 3. The van der Waals surface area contributed by atoms with Crippen molar-refractivity contribution in [2.24, 2.45) is 5.92 Å². The summed E-state index contributed by atoms with van der Waals surface area (Å²) in [5.74, 6) is -0.449. The van der Waals surface area contributed by atoms with Crippen LogP contribution in [0.4, 0.5) is 4.39 Å². The van der Waals surface area contributed by atoms with E-state index >= 15 is 0 Å². The largest absolute Gasteiger partial charge is 0.381 e. The number of ether oxygens (including phenoxy) is 1. The van der Waals surface area contributed by atoms with Crippen molar-refractivity contribution in [3.63, 3.8) is 0 Å². The molecule has 2 rings (SSSR count). The Hall–Kier alpha value is -0.980. The topological polar surface area (TPSA) is 55.4 Å². The second-order valence-corrected chi connectivity index (χ2v) is 6.85. The van der Waals surface area contributed by atoms with Gasteiger partial charge in [-0.05, 0) is 37.6 Å². The molecule has 1 aliphatic rings. The lowest BCUT2D eigenvalue weighted by molar-refractivity contribution is 0.0570. The zero-order valence-corrected chi connectivity index (χ0v) is 11.6. The van der Waals surface area contributed by atoms with Crippen molar-refractivity contribution < 1.29 is 17.5 Å². The van der Waals surface area contributed by atoms with Crippen LogP contribution in [0.1, 0.15) is 12.0 Å². The van der Waals surface area contributed by atoms with Gasteiger partial charge in [0, 0.05) is 12.5 Å². The van der Waals surface area contributed by atoms with Crippen molar-refractivity contribution in [1.82, 2.24) is 4.72 Å². The molecule has 1 N–H and O–H groups in total. The van der Waals surface area contributed by atoms with Crippen LogP contribution >= 0.6 is 0 Å². The second kappa shape index (κ2) is 5.98. The van der Waals surface area contributed by atoms with Crippen LogP contribution in [0.5, 0.6) is 0 Å². The summed E-state index contributed by atoms with van der Waals surface area (Å²) < 4.78 is 44.9. The van der Waals surface area contributed by atoms with Crippen molar-refractivity contribution in [3.8, 4) is 0 Å². The van der Waals surface area contributed by atoms with Gasteiger partial charge < -0.3 is 4.74 Å². The van der Waals surface area contributed by atoms with E-state index in [1.54, 1.807) is 12.1 Å². The molecule has 0 aliphatic carbocycles. The molecular formula is C13H18FNO3S. The summed E-state index contributed by atoms with van der Waals surface area (Å²) in [4.78, 5) is 0. The predicted molar refractivity (Wildman–Crippen MR) is 70.8 cm³/mol. The highest BCUT2D eigenvalue weighted by molar-refractivity contribution is 7.90. The van der Waals surface area contributed by atoms with Gasteiger partial charge in [0.2, 0.25) is 10.0 Å². The molecule has 0 unspecified atom stereocenters. The van der Waals surface area contributed by atoms with Crippen molar-refractivity contribution in [2.75, 3.05) is 20.3 Å². The smallest absolute Gasteiger partial charge is 0.214 e. The van der Waals surface area contributed by atoms with Crippen LogP contribution in [0, 0.1) is 11.7 Å². The number of benzene rings is 1. The first-order chi connectivity index (χ1) is 9.03. The molecule has 1 aromatic rings. The third kappa shape index (κ3) is 3.52. The van der Waals surface area contributed by atoms with Gasteiger partial charge in [0.05, 0.1) is 11.9 Å². The maximum absolute atomic E-state index is 13.2. The maximum Gasteiger partial charge on any atom is 0.214 e. The molecule has 0 aromatic heterocycles. The third-order valence-corrected chi connectivity index (χ3v) is 5.46. The monoisotopic (exact) mass is 287 g/mol. The first kappa shape index (κ1) is 14.4. The van der Waals surface area contributed by atoms with Crippen LogP contribution in [0.25, 0.3) is 0 Å². The molecule has 0 saturated carbocycles. The maximum atomic E-state index is 13.2. The van der Waals surface area contributed by atoms with Crippen molar-refractivity contribution in [3.05, 3.63) is 35.6 Å². The summed E-state index contributed by atoms with van der Waals surface area (Å²) >= 11 is 0. The fraction of sp³-hybridized carbons (Fsp3) is 0.538. The molecule has 0 amide bonds. The molecule has 1 fully saturated rings. The molecule has 1 aromatic carbocycles. The molecule has 1 saturated heterocycles. The fourth-order valence-electron chi connectivity index (χ4n) is 2.49. The van der Waals surface area contributed by atoms with Crippen LogP contribution in [0.2, 0.25) is 0 Å². The van der Waals surface area contributed by atoms with E-state index in [2.05, 4.69) is 4.72 Å². The Balaban J connectivity index is 2.17. The average molecular weight is 287 g/mol. The van der Waals surface area contributed by atoms with Crippen LogP contribution < -0.4 is 4.72 Å². The molecule has 1 aliphatic heterocycles. The number of halogens is 1. The standard InChI is InChI=1S/C13H18FNO3S/c1-15-19(16,17)13-5-6-18-9-11(13)7-10-3-2-4-12(14)8-10/h2-4,8,11,13,15H,5-7,9H2,1H3/t11-,13+/m0/s1. The molecule has 4 nitrogen and oxygen atoms in total. The molecule has 0 bridgehead atoms. The van der Waals surface area contributed by atoms with Crippen LogP contribution in [0.3, 0.4) is 0 Å². The zero-order chi connectivity index (χ0) is 13.9. The van der Waals surface area contributed by atoms with E-state index in [-0.39, 0.29) is 11.7 Å². The predicted octanol–water partition coefficient (Wildman–Crippen LogP) is 1.32. The van der Waals surface area contributed by atoms with Gasteiger partial charge in [-0.3, -0.25) is 0 Å². The molecule has 1 heterocycles. The molecule has 0 spiro atoms. The molecule has 19 heavy (non-hydrogen) atoms. The minimum absolute atomic E-state index is 0.145. The first-order valence-electron chi connectivity index (χ1n) is 6.27. The number of hydrogen-bond donors (Lipinski definition) is 1. The van der Waals surface area contributed by atoms with Crippen molar-refractivity contribution >= 4 is 10.0 Å². The number of nitrogens with one attached hydrogen (secondary N) is 1. The minimum atomic E-state index is -3.32. The Morgan fingerprint density at radius 3 is 2.95 bits per heavy atom. The van der Waals surface area contributed by atoms with E-state index in [4.69, 9.17) is 4.74 Å². The van der Waals surface area contributed by atoms with Gasteiger partial charge in [0.1, 0.15) is 5.82 Å². The Morgan fingerprint density at radius 2 is 2.26 bits per heavy atom. The Labute approximate surface area is 113 Å². The highest BCUT2D eigenvalue weighted by Crippen LogP contribution is 2.25. The van der Waals surface area contributed by atoms with E-state index in [9.17, 15) is 12.8 Å². The lowest BCUT2D eigenvalue weighted by atomic mass is 9.93. The van der Waals surface area contributed by atoms with E-state index in [1.165, 1.54) is 19.2 Å². The zero-order valence-electron chi connectivity index (χ0n) is 10.8. The van der Waals surface area contributed by atoms with Crippen LogP contribution in [0.15, 0.2) is 24.3 Å². The second-order valence-electron chi connectivity index (χ2n) is 4.75. The third-order valence-electron chi connectivity index (χ3n) is 3.47. The molecule has 0 radical (unpaired) electrons. The molecule has 2 atom stereocenters. The summed E-state index contributed by atoms with van der Waals surface area (Å²) in [6.07, 6.45) is 0.979. The fourth-order valence-corrected chi connectivity index (χ4v) is 3.88. The summed E-state index contributed by atoms with van der Waals surface area (Å²) in [5, 5.41) is -0.477. The van der Waals surface area contributed by atoms with Crippen molar-refractivity contribution in [1.29, 1.82) is 0 Å². The van der Waals surface area contributed by atoms with E-state index in [0.29, 0.717) is 26.1 Å². The summed E-state index contributed by atoms with van der Waals surface area (Å²) in [6, 6.07) is 6.26. The number of sulfonamides is 1. The summed E-state index contributed by atoms with van der Waals surface area (Å²) in [7, 11) is -1.90. The van der Waals surface area contributed by atoms with Gasteiger partial charge in [-0.25, -0.2) is 17.5 Å².